The van der Waals surface area contributed by atoms with Gasteiger partial charge in [0.05, 0.1) is 6.04 Å². The molecule has 0 radical (unpaired) electrons. The van der Waals surface area contributed by atoms with E-state index in [4.69, 9.17) is 6.42 Å². The van der Waals surface area contributed by atoms with E-state index < -0.39 is 11.6 Å². The van der Waals surface area contributed by atoms with Gasteiger partial charge in [-0.05, 0) is 31.0 Å². The molecular weight excluding hydrogens is 220 g/mol. The van der Waals surface area contributed by atoms with Crippen molar-refractivity contribution in [2.45, 2.75) is 38.8 Å². The molecule has 1 nitrogen and oxygen atoms in total. The van der Waals surface area contributed by atoms with Crippen LogP contribution in [0.15, 0.2) is 18.2 Å². The normalized spacial score (nSPS) is 14.1. The molecule has 2 unspecified atom stereocenters. The number of benzene rings is 1. The highest BCUT2D eigenvalue weighted by Gasteiger charge is 2.12. The molecule has 0 spiro atoms. The summed E-state index contributed by atoms with van der Waals surface area (Å²) in [6, 6.07) is 3.76. The standard InChI is InChI=1S/C14H17F2N/c1-4-6-12(5-2)17-10(3)11-7-8-13(15)14(16)9-11/h2,7-10,12,17H,4,6H2,1,3H3. The first-order valence-electron chi connectivity index (χ1n) is 5.75. The number of halogens is 2. The smallest absolute Gasteiger partial charge is 0.159 e. The summed E-state index contributed by atoms with van der Waals surface area (Å²) in [5.74, 6) is 0.990. The molecule has 0 saturated carbocycles. The van der Waals surface area contributed by atoms with Crippen molar-refractivity contribution < 1.29 is 8.78 Å². The van der Waals surface area contributed by atoms with Crippen molar-refractivity contribution in [3.8, 4) is 12.3 Å². The van der Waals surface area contributed by atoms with Gasteiger partial charge in [0.25, 0.3) is 0 Å². The molecule has 1 rings (SSSR count). The van der Waals surface area contributed by atoms with Gasteiger partial charge in [0.2, 0.25) is 0 Å². The zero-order chi connectivity index (χ0) is 12.8. The molecule has 1 aromatic rings. The third-order valence-electron chi connectivity index (χ3n) is 2.67. The van der Waals surface area contributed by atoms with Crippen molar-refractivity contribution in [3.05, 3.63) is 35.4 Å². The van der Waals surface area contributed by atoms with E-state index in [2.05, 4.69) is 11.2 Å². The Balaban J connectivity index is 2.72. The van der Waals surface area contributed by atoms with Gasteiger partial charge < -0.3 is 0 Å². The Kier molecular flexibility index (Phi) is 5.11. The van der Waals surface area contributed by atoms with Crippen LogP contribution in [0.5, 0.6) is 0 Å². The van der Waals surface area contributed by atoms with Crippen molar-refractivity contribution in [2.24, 2.45) is 0 Å². The van der Waals surface area contributed by atoms with Gasteiger partial charge in [0.15, 0.2) is 11.6 Å². The van der Waals surface area contributed by atoms with Crippen LogP contribution in [0.1, 0.15) is 38.3 Å². The largest absolute Gasteiger partial charge is 0.297 e. The monoisotopic (exact) mass is 237 g/mol. The van der Waals surface area contributed by atoms with Crippen LogP contribution in [-0.2, 0) is 0 Å². The van der Waals surface area contributed by atoms with Crippen LogP contribution >= 0.6 is 0 Å². The first-order chi connectivity index (χ1) is 8.08. The molecule has 0 saturated heterocycles. The average Bonchev–Trinajstić information content (AvgIpc) is 2.31. The van der Waals surface area contributed by atoms with E-state index in [1.54, 1.807) is 6.07 Å². The number of hydrogen-bond donors (Lipinski definition) is 1. The Morgan fingerprint density at radius 1 is 1.35 bits per heavy atom. The van der Waals surface area contributed by atoms with Crippen molar-refractivity contribution >= 4 is 0 Å². The Hall–Kier alpha value is -1.40. The third kappa shape index (κ3) is 3.83. The van der Waals surface area contributed by atoms with Crippen LogP contribution in [0.25, 0.3) is 0 Å². The Labute approximate surface area is 101 Å². The fraction of sp³-hybridized carbons (Fsp3) is 0.429. The maximum absolute atomic E-state index is 13.1. The van der Waals surface area contributed by atoms with Gasteiger partial charge in [0, 0.05) is 6.04 Å². The van der Waals surface area contributed by atoms with Crippen LogP contribution in [0.3, 0.4) is 0 Å². The van der Waals surface area contributed by atoms with Gasteiger partial charge in [-0.25, -0.2) is 8.78 Å². The molecule has 3 heteroatoms. The Morgan fingerprint density at radius 3 is 2.59 bits per heavy atom. The van der Waals surface area contributed by atoms with Crippen molar-refractivity contribution in [1.29, 1.82) is 0 Å². The number of terminal acetylenes is 1. The summed E-state index contributed by atoms with van der Waals surface area (Å²) in [6.07, 6.45) is 7.24. The molecule has 0 aliphatic carbocycles. The summed E-state index contributed by atoms with van der Waals surface area (Å²) in [5.41, 5.74) is 0.695. The molecule has 17 heavy (non-hydrogen) atoms. The lowest BCUT2D eigenvalue weighted by atomic mass is 10.1. The van der Waals surface area contributed by atoms with Crippen LogP contribution in [0.4, 0.5) is 8.78 Å². The fourth-order valence-corrected chi connectivity index (χ4v) is 1.68. The van der Waals surface area contributed by atoms with Gasteiger partial charge in [-0.2, -0.15) is 0 Å². The quantitative estimate of drug-likeness (QED) is 0.774. The molecule has 0 aliphatic heterocycles. The summed E-state index contributed by atoms with van der Waals surface area (Å²) < 4.78 is 25.8. The molecule has 1 aromatic carbocycles. The minimum Gasteiger partial charge on any atom is -0.297 e. The zero-order valence-corrected chi connectivity index (χ0v) is 10.1. The average molecular weight is 237 g/mol. The second kappa shape index (κ2) is 6.36. The Bertz CT molecular complexity index is 409. The second-order valence-corrected chi connectivity index (χ2v) is 4.07. The molecule has 1 N–H and O–H groups in total. The van der Waals surface area contributed by atoms with Crippen LogP contribution in [0.2, 0.25) is 0 Å². The number of nitrogens with one attached hydrogen (secondary N) is 1. The highest BCUT2D eigenvalue weighted by Crippen LogP contribution is 2.17. The topological polar surface area (TPSA) is 12.0 Å². The highest BCUT2D eigenvalue weighted by molar-refractivity contribution is 5.21. The van der Waals surface area contributed by atoms with Crippen LogP contribution in [-0.4, -0.2) is 6.04 Å². The first kappa shape index (κ1) is 13.7. The lowest BCUT2D eigenvalue weighted by Gasteiger charge is -2.19. The lowest BCUT2D eigenvalue weighted by molar-refractivity contribution is 0.481. The SMILES string of the molecule is C#CC(CCC)NC(C)c1ccc(F)c(F)c1. The van der Waals surface area contributed by atoms with E-state index in [-0.39, 0.29) is 12.1 Å². The molecular formula is C14H17F2N. The van der Waals surface area contributed by atoms with E-state index in [0.29, 0.717) is 5.56 Å². The van der Waals surface area contributed by atoms with E-state index in [9.17, 15) is 8.78 Å². The lowest BCUT2D eigenvalue weighted by Crippen LogP contribution is -2.30. The zero-order valence-electron chi connectivity index (χ0n) is 10.1. The predicted molar refractivity (Wildman–Crippen MR) is 65.4 cm³/mol. The molecule has 0 amide bonds. The summed E-state index contributed by atoms with van der Waals surface area (Å²) in [4.78, 5) is 0. The molecule has 0 heterocycles. The molecule has 0 aliphatic rings. The van der Waals surface area contributed by atoms with Gasteiger partial charge >= 0.3 is 0 Å². The third-order valence-corrected chi connectivity index (χ3v) is 2.67. The molecule has 0 bridgehead atoms. The molecule has 92 valence electrons. The molecule has 0 fully saturated rings. The minimum atomic E-state index is -0.831. The van der Waals surface area contributed by atoms with Gasteiger partial charge in [0.1, 0.15) is 0 Å². The van der Waals surface area contributed by atoms with Crippen molar-refractivity contribution in [1.82, 2.24) is 5.32 Å². The molecule has 0 aromatic heterocycles. The van der Waals surface area contributed by atoms with Gasteiger partial charge in [-0.15, -0.1) is 6.42 Å². The highest BCUT2D eigenvalue weighted by atomic mass is 19.2. The van der Waals surface area contributed by atoms with Crippen molar-refractivity contribution in [2.75, 3.05) is 0 Å². The predicted octanol–water partition coefficient (Wildman–Crippen LogP) is 3.42. The van der Waals surface area contributed by atoms with E-state index in [1.165, 1.54) is 6.07 Å². The number of rotatable bonds is 5. The second-order valence-electron chi connectivity index (χ2n) is 4.07. The maximum Gasteiger partial charge on any atom is 0.159 e. The summed E-state index contributed by atoms with van der Waals surface area (Å²) >= 11 is 0. The van der Waals surface area contributed by atoms with E-state index in [1.807, 2.05) is 13.8 Å². The van der Waals surface area contributed by atoms with Crippen LogP contribution in [0, 0.1) is 24.0 Å². The van der Waals surface area contributed by atoms with E-state index in [0.717, 1.165) is 18.9 Å². The summed E-state index contributed by atoms with van der Waals surface area (Å²) in [6.45, 7) is 3.93. The minimum absolute atomic E-state index is 0.0388. The fourth-order valence-electron chi connectivity index (χ4n) is 1.68. The van der Waals surface area contributed by atoms with Crippen LogP contribution < -0.4 is 5.32 Å². The summed E-state index contributed by atoms with van der Waals surface area (Å²) in [7, 11) is 0. The Morgan fingerprint density at radius 2 is 2.06 bits per heavy atom. The molecule has 2 atom stereocenters. The van der Waals surface area contributed by atoms with E-state index >= 15 is 0 Å². The maximum atomic E-state index is 13.1. The van der Waals surface area contributed by atoms with Crippen molar-refractivity contribution in [3.63, 3.8) is 0 Å². The van der Waals surface area contributed by atoms with Gasteiger partial charge in [-0.3, -0.25) is 5.32 Å². The number of hydrogen-bond acceptors (Lipinski definition) is 1. The van der Waals surface area contributed by atoms with Gasteiger partial charge in [-0.1, -0.05) is 25.3 Å². The summed E-state index contributed by atoms with van der Waals surface area (Å²) in [5, 5.41) is 3.21. The first-order valence-corrected chi connectivity index (χ1v) is 5.75.